The fraction of sp³-hybridized carbons (Fsp3) is 0.250. The van der Waals surface area contributed by atoms with Gasteiger partial charge in [-0.25, -0.2) is 0 Å². The number of aliphatic hydroxyl groups is 1. The third kappa shape index (κ3) is 4.25. The molecule has 1 saturated heterocycles. The third-order valence-electron chi connectivity index (χ3n) is 6.38. The van der Waals surface area contributed by atoms with Gasteiger partial charge in [0.25, 0.3) is 11.7 Å². The molecule has 0 unspecified atom stereocenters. The van der Waals surface area contributed by atoms with Gasteiger partial charge in [-0.2, -0.15) is 0 Å². The normalized spacial score (nSPS) is 18.8. The molecule has 3 aromatic rings. The van der Waals surface area contributed by atoms with Crippen LogP contribution in [0.1, 0.15) is 48.1 Å². The molecule has 2 aliphatic rings. The second kappa shape index (κ2) is 9.25. The number of ether oxygens (including phenoxy) is 2. The Labute approximate surface area is 203 Å². The van der Waals surface area contributed by atoms with Crippen molar-refractivity contribution in [1.82, 2.24) is 9.88 Å². The van der Waals surface area contributed by atoms with Crippen molar-refractivity contribution >= 4 is 17.4 Å². The predicted molar refractivity (Wildman–Crippen MR) is 130 cm³/mol. The zero-order chi connectivity index (χ0) is 24.5. The first kappa shape index (κ1) is 22.7. The highest BCUT2D eigenvalue weighted by molar-refractivity contribution is 6.46. The van der Waals surface area contributed by atoms with Gasteiger partial charge in [-0.05, 0) is 52.9 Å². The van der Waals surface area contributed by atoms with Crippen molar-refractivity contribution in [2.75, 3.05) is 13.2 Å². The summed E-state index contributed by atoms with van der Waals surface area (Å²) in [6.45, 7) is 5.26. The van der Waals surface area contributed by atoms with E-state index in [1.54, 1.807) is 42.7 Å². The van der Waals surface area contributed by atoms with Crippen molar-refractivity contribution in [1.29, 1.82) is 0 Å². The summed E-state index contributed by atoms with van der Waals surface area (Å²) in [6, 6.07) is 15.7. The van der Waals surface area contributed by atoms with Gasteiger partial charge in [0.2, 0.25) is 0 Å². The first-order chi connectivity index (χ1) is 16.9. The standard InChI is InChI=1S/C28H26N2O5/c1-17(2)19-3-5-20(6-4-19)25-24(26(31)21-7-8-22-23(15-21)35-14-13-34-22)27(32)28(33)30(25)16-18-9-11-29-12-10-18/h3-12,15,17,25,31H,13-14,16H2,1-2H3/b26-24+/t25-/m0/s1. The maximum Gasteiger partial charge on any atom is 0.295 e. The quantitative estimate of drug-likeness (QED) is 0.333. The number of nitrogens with zero attached hydrogens (tertiary/aromatic N) is 2. The lowest BCUT2D eigenvalue weighted by molar-refractivity contribution is -0.140. The zero-order valence-electron chi connectivity index (χ0n) is 19.6. The van der Waals surface area contributed by atoms with E-state index in [9.17, 15) is 14.7 Å². The molecule has 0 aliphatic carbocycles. The molecule has 1 atom stereocenters. The molecule has 178 valence electrons. The molecular formula is C28H26N2O5. The number of carbonyl (C=O) groups is 2. The van der Waals surface area contributed by atoms with Gasteiger partial charge in [-0.15, -0.1) is 0 Å². The SMILES string of the molecule is CC(C)c1ccc([C@H]2/C(=C(\O)c3ccc4c(c3)OCCO4)C(=O)C(=O)N2Cc2ccncc2)cc1. The lowest BCUT2D eigenvalue weighted by Crippen LogP contribution is -2.29. The summed E-state index contributed by atoms with van der Waals surface area (Å²) in [5.74, 6) is -0.209. The van der Waals surface area contributed by atoms with Gasteiger partial charge < -0.3 is 19.5 Å². The van der Waals surface area contributed by atoms with Crippen molar-refractivity contribution in [3.8, 4) is 11.5 Å². The molecule has 7 heteroatoms. The summed E-state index contributed by atoms with van der Waals surface area (Å²) in [6.07, 6.45) is 3.29. The van der Waals surface area contributed by atoms with E-state index in [-0.39, 0.29) is 17.9 Å². The van der Waals surface area contributed by atoms with Gasteiger partial charge in [0.15, 0.2) is 11.5 Å². The number of benzene rings is 2. The first-order valence-corrected chi connectivity index (χ1v) is 11.6. The predicted octanol–water partition coefficient (Wildman–Crippen LogP) is 4.60. The van der Waals surface area contributed by atoms with E-state index in [1.807, 2.05) is 24.3 Å². The Hall–Kier alpha value is -4.13. The number of aromatic nitrogens is 1. The number of hydrogen-bond acceptors (Lipinski definition) is 6. The highest BCUT2D eigenvalue weighted by atomic mass is 16.6. The molecule has 0 spiro atoms. The van der Waals surface area contributed by atoms with E-state index in [4.69, 9.17) is 9.47 Å². The Morgan fingerprint density at radius 3 is 2.37 bits per heavy atom. The number of aliphatic hydroxyl groups excluding tert-OH is 1. The van der Waals surface area contributed by atoms with Crippen molar-refractivity contribution in [2.45, 2.75) is 32.4 Å². The minimum Gasteiger partial charge on any atom is -0.507 e. The highest BCUT2D eigenvalue weighted by Gasteiger charge is 2.46. The molecule has 35 heavy (non-hydrogen) atoms. The lowest BCUT2D eigenvalue weighted by Gasteiger charge is -2.26. The molecule has 1 fully saturated rings. The van der Waals surface area contributed by atoms with Gasteiger partial charge in [0.1, 0.15) is 19.0 Å². The molecule has 2 aromatic carbocycles. The number of Topliss-reactive ketones (excluding diaryl/α,β-unsaturated/α-hetero) is 1. The summed E-state index contributed by atoms with van der Waals surface area (Å²) < 4.78 is 11.2. The van der Waals surface area contributed by atoms with Crippen LogP contribution in [0.2, 0.25) is 0 Å². The van der Waals surface area contributed by atoms with Crippen LogP contribution in [0.25, 0.3) is 5.76 Å². The maximum atomic E-state index is 13.3. The van der Waals surface area contributed by atoms with Crippen LogP contribution >= 0.6 is 0 Å². The van der Waals surface area contributed by atoms with Crippen molar-refractivity contribution in [3.63, 3.8) is 0 Å². The number of hydrogen-bond donors (Lipinski definition) is 1. The Morgan fingerprint density at radius 1 is 1.00 bits per heavy atom. The third-order valence-corrected chi connectivity index (χ3v) is 6.38. The number of rotatable bonds is 5. The van der Waals surface area contributed by atoms with Crippen LogP contribution in [0, 0.1) is 0 Å². The molecule has 0 saturated carbocycles. The fourth-order valence-corrected chi connectivity index (χ4v) is 4.48. The first-order valence-electron chi connectivity index (χ1n) is 11.6. The minimum absolute atomic E-state index is 0.0537. The van der Waals surface area contributed by atoms with E-state index in [0.29, 0.717) is 36.2 Å². The molecule has 0 bridgehead atoms. The maximum absolute atomic E-state index is 13.3. The smallest absolute Gasteiger partial charge is 0.295 e. The summed E-state index contributed by atoms with van der Waals surface area (Å²) in [7, 11) is 0. The minimum atomic E-state index is -0.738. The summed E-state index contributed by atoms with van der Waals surface area (Å²) >= 11 is 0. The molecule has 0 radical (unpaired) electrons. The number of likely N-dealkylation sites (tertiary alicyclic amines) is 1. The van der Waals surface area contributed by atoms with Crippen LogP contribution in [-0.2, 0) is 16.1 Å². The number of carbonyl (C=O) groups excluding carboxylic acids is 2. The Kier molecular flexibility index (Phi) is 5.99. The number of ketones is 1. The van der Waals surface area contributed by atoms with Gasteiger partial charge in [-0.1, -0.05) is 38.1 Å². The average molecular weight is 471 g/mol. The van der Waals surface area contributed by atoms with Crippen molar-refractivity contribution in [3.05, 3.63) is 94.8 Å². The van der Waals surface area contributed by atoms with Crippen molar-refractivity contribution < 1.29 is 24.2 Å². The number of fused-ring (bicyclic) bond motifs is 1. The molecule has 5 rings (SSSR count). The average Bonchev–Trinajstić information content (AvgIpc) is 3.13. The van der Waals surface area contributed by atoms with E-state index in [1.165, 1.54) is 4.90 Å². The Balaban J connectivity index is 1.62. The van der Waals surface area contributed by atoms with Crippen LogP contribution < -0.4 is 9.47 Å². The van der Waals surface area contributed by atoms with Crippen LogP contribution in [0.5, 0.6) is 11.5 Å². The van der Waals surface area contributed by atoms with Crippen LogP contribution in [-0.4, -0.2) is 39.9 Å². The van der Waals surface area contributed by atoms with E-state index >= 15 is 0 Å². The number of pyridine rings is 1. The van der Waals surface area contributed by atoms with E-state index in [0.717, 1.165) is 16.7 Å². The monoisotopic (exact) mass is 470 g/mol. The molecular weight excluding hydrogens is 444 g/mol. The molecule has 1 aromatic heterocycles. The Morgan fingerprint density at radius 2 is 1.69 bits per heavy atom. The molecule has 7 nitrogen and oxygen atoms in total. The molecule has 1 amide bonds. The summed E-state index contributed by atoms with van der Waals surface area (Å²) in [5.41, 5.74) is 3.18. The lowest BCUT2D eigenvalue weighted by atomic mass is 9.93. The van der Waals surface area contributed by atoms with Crippen LogP contribution in [0.4, 0.5) is 0 Å². The van der Waals surface area contributed by atoms with Gasteiger partial charge in [0, 0.05) is 24.5 Å². The summed E-state index contributed by atoms with van der Waals surface area (Å²) in [4.78, 5) is 32.0. The second-order valence-corrected chi connectivity index (χ2v) is 8.96. The second-order valence-electron chi connectivity index (χ2n) is 8.96. The topological polar surface area (TPSA) is 89.0 Å². The fourth-order valence-electron chi connectivity index (χ4n) is 4.48. The van der Waals surface area contributed by atoms with Crippen LogP contribution in [0.15, 0.2) is 72.6 Å². The molecule has 2 aliphatic heterocycles. The van der Waals surface area contributed by atoms with Gasteiger partial charge >= 0.3 is 0 Å². The van der Waals surface area contributed by atoms with E-state index < -0.39 is 17.7 Å². The van der Waals surface area contributed by atoms with E-state index in [2.05, 4.69) is 18.8 Å². The van der Waals surface area contributed by atoms with Crippen LogP contribution in [0.3, 0.4) is 0 Å². The highest BCUT2D eigenvalue weighted by Crippen LogP contribution is 2.42. The number of amides is 1. The largest absolute Gasteiger partial charge is 0.507 e. The molecule has 1 N–H and O–H groups in total. The van der Waals surface area contributed by atoms with Gasteiger partial charge in [0.05, 0.1) is 11.6 Å². The zero-order valence-corrected chi connectivity index (χ0v) is 19.6. The Bertz CT molecular complexity index is 1300. The van der Waals surface area contributed by atoms with Gasteiger partial charge in [-0.3, -0.25) is 14.6 Å². The molecule has 3 heterocycles. The summed E-state index contributed by atoms with van der Waals surface area (Å²) in [5, 5.41) is 11.3. The van der Waals surface area contributed by atoms with Crippen molar-refractivity contribution in [2.24, 2.45) is 0 Å².